The Morgan fingerprint density at radius 1 is 1.21 bits per heavy atom. The maximum atomic E-state index is 12.8. The number of amides is 1. The molecule has 9 nitrogen and oxygen atoms in total. The third-order valence-electron chi connectivity index (χ3n) is 4.76. The van der Waals surface area contributed by atoms with E-state index < -0.39 is 4.92 Å². The molecule has 1 aliphatic heterocycles. The summed E-state index contributed by atoms with van der Waals surface area (Å²) in [5.74, 6) is -0.521. The third-order valence-corrected chi connectivity index (χ3v) is 5.06. The average molecular weight is 416 g/mol. The summed E-state index contributed by atoms with van der Waals surface area (Å²) in [7, 11) is 0. The first kappa shape index (κ1) is 18.8. The zero-order valence-corrected chi connectivity index (χ0v) is 15.6. The van der Waals surface area contributed by atoms with Crippen LogP contribution in [0, 0.1) is 10.1 Å². The number of benzene rings is 2. The topological polar surface area (TPSA) is 130 Å². The minimum absolute atomic E-state index is 0.0394. The molecule has 0 bridgehead atoms. The van der Waals surface area contributed by atoms with E-state index in [4.69, 9.17) is 16.1 Å². The highest BCUT2D eigenvalue weighted by molar-refractivity contribution is 6.32. The number of non-ortho nitro benzene ring substituents is 1. The van der Waals surface area contributed by atoms with Gasteiger partial charge in [0.05, 0.1) is 27.7 Å². The predicted octanol–water partition coefficient (Wildman–Crippen LogP) is 3.51. The Hall–Kier alpha value is -3.59. The molecule has 1 amide bonds. The van der Waals surface area contributed by atoms with Gasteiger partial charge in [-0.3, -0.25) is 14.9 Å². The Kier molecular flexibility index (Phi) is 4.59. The third kappa shape index (κ3) is 3.36. The zero-order valence-electron chi connectivity index (χ0n) is 14.8. The molecule has 29 heavy (non-hydrogen) atoms. The Balaban J connectivity index is 1.63. The van der Waals surface area contributed by atoms with Gasteiger partial charge >= 0.3 is 0 Å². The molecule has 0 radical (unpaired) electrons. The van der Waals surface area contributed by atoms with Crippen molar-refractivity contribution in [2.45, 2.75) is 13.0 Å². The van der Waals surface area contributed by atoms with Gasteiger partial charge in [-0.15, -0.1) is 0 Å². The number of halogens is 1. The second-order valence-corrected chi connectivity index (χ2v) is 6.95. The number of fused-ring (bicyclic) bond motifs is 1. The number of aromatic hydroxyl groups is 2. The Morgan fingerprint density at radius 3 is 2.62 bits per heavy atom. The summed E-state index contributed by atoms with van der Waals surface area (Å²) >= 11 is 5.94. The lowest BCUT2D eigenvalue weighted by atomic mass is 10.00. The number of phenols is 2. The van der Waals surface area contributed by atoms with Crippen molar-refractivity contribution in [3.8, 4) is 22.8 Å². The highest BCUT2D eigenvalue weighted by Crippen LogP contribution is 2.40. The Bertz CT molecular complexity index is 1130. The molecule has 2 heterocycles. The number of nitro benzene ring substituents is 1. The summed E-state index contributed by atoms with van der Waals surface area (Å²) in [6.07, 6.45) is 0.449. The van der Waals surface area contributed by atoms with Gasteiger partial charge in [0.1, 0.15) is 11.5 Å². The van der Waals surface area contributed by atoms with E-state index in [0.717, 1.165) is 6.07 Å². The molecule has 2 aromatic carbocycles. The van der Waals surface area contributed by atoms with E-state index in [0.29, 0.717) is 29.8 Å². The first-order valence-electron chi connectivity index (χ1n) is 8.58. The summed E-state index contributed by atoms with van der Waals surface area (Å²) in [5, 5.41) is 34.6. The highest BCUT2D eigenvalue weighted by atomic mass is 35.5. The van der Waals surface area contributed by atoms with Crippen LogP contribution in [-0.2, 0) is 13.0 Å². The fourth-order valence-corrected chi connectivity index (χ4v) is 3.40. The van der Waals surface area contributed by atoms with Crippen molar-refractivity contribution in [2.75, 3.05) is 6.54 Å². The van der Waals surface area contributed by atoms with Crippen LogP contribution in [0.2, 0.25) is 5.02 Å². The molecule has 10 heteroatoms. The standard InChI is InChI=1S/C19H14ClN3O6/c20-14-7-12(16(24)8-17(14)25)18-13-9-22(6-5-15(13)21-29-18)19(26)10-1-3-11(4-2-10)23(27)28/h1-4,7-8,24-25H,5-6,9H2. The molecule has 0 saturated heterocycles. The Labute approximate surface area is 168 Å². The quantitative estimate of drug-likeness (QED) is 0.494. The van der Waals surface area contributed by atoms with E-state index in [9.17, 15) is 25.1 Å². The zero-order chi connectivity index (χ0) is 20.7. The van der Waals surface area contributed by atoms with E-state index in [2.05, 4.69) is 5.16 Å². The van der Waals surface area contributed by atoms with Crippen LogP contribution in [0.4, 0.5) is 5.69 Å². The number of phenolic OH excluding ortho intramolecular Hbond substituents is 2. The SMILES string of the molecule is O=C(c1ccc([N+](=O)[O-])cc1)N1CCc2noc(-c3cc(Cl)c(O)cc3O)c2C1. The highest BCUT2D eigenvalue weighted by Gasteiger charge is 2.29. The molecular weight excluding hydrogens is 402 g/mol. The van der Waals surface area contributed by atoms with Crippen LogP contribution >= 0.6 is 11.6 Å². The van der Waals surface area contributed by atoms with Crippen LogP contribution in [0.5, 0.6) is 11.5 Å². The number of nitro groups is 1. The fraction of sp³-hybridized carbons (Fsp3) is 0.158. The first-order chi connectivity index (χ1) is 13.8. The minimum Gasteiger partial charge on any atom is -0.507 e. The molecule has 0 unspecified atom stereocenters. The lowest BCUT2D eigenvalue weighted by Gasteiger charge is -2.26. The molecule has 0 aliphatic carbocycles. The van der Waals surface area contributed by atoms with Crippen molar-refractivity contribution in [2.24, 2.45) is 0 Å². The molecular formula is C19H14ClN3O6. The molecule has 0 atom stereocenters. The molecule has 0 fully saturated rings. The van der Waals surface area contributed by atoms with Crippen LogP contribution in [0.25, 0.3) is 11.3 Å². The number of carbonyl (C=O) groups excluding carboxylic acids is 1. The van der Waals surface area contributed by atoms with Crippen molar-refractivity contribution >= 4 is 23.2 Å². The summed E-state index contributed by atoms with van der Waals surface area (Å²) in [5.41, 5.74) is 1.78. The smallest absolute Gasteiger partial charge is 0.269 e. The van der Waals surface area contributed by atoms with Crippen molar-refractivity contribution in [1.82, 2.24) is 10.1 Å². The molecule has 1 aliphatic rings. The van der Waals surface area contributed by atoms with Gasteiger partial charge in [-0.2, -0.15) is 0 Å². The maximum absolute atomic E-state index is 12.8. The van der Waals surface area contributed by atoms with Crippen molar-refractivity contribution in [1.29, 1.82) is 0 Å². The first-order valence-corrected chi connectivity index (χ1v) is 8.96. The number of nitrogens with zero attached hydrogens (tertiary/aromatic N) is 3. The molecule has 3 aromatic rings. The van der Waals surface area contributed by atoms with Gasteiger partial charge in [-0.25, -0.2) is 0 Å². The van der Waals surface area contributed by atoms with E-state index in [-0.39, 0.29) is 46.0 Å². The van der Waals surface area contributed by atoms with Crippen LogP contribution in [0.15, 0.2) is 40.9 Å². The number of hydrogen-bond acceptors (Lipinski definition) is 7. The second kappa shape index (κ2) is 7.10. The molecule has 0 saturated carbocycles. The lowest BCUT2D eigenvalue weighted by molar-refractivity contribution is -0.384. The van der Waals surface area contributed by atoms with E-state index in [1.807, 2.05) is 0 Å². The minimum atomic E-state index is -0.528. The Morgan fingerprint density at radius 2 is 1.93 bits per heavy atom. The van der Waals surface area contributed by atoms with Crippen LogP contribution in [0.1, 0.15) is 21.6 Å². The molecule has 4 rings (SSSR count). The van der Waals surface area contributed by atoms with Crippen LogP contribution in [0.3, 0.4) is 0 Å². The summed E-state index contributed by atoms with van der Waals surface area (Å²) in [6, 6.07) is 7.86. The summed E-state index contributed by atoms with van der Waals surface area (Å²) < 4.78 is 5.39. The van der Waals surface area contributed by atoms with Gasteiger partial charge < -0.3 is 19.6 Å². The van der Waals surface area contributed by atoms with Crippen LogP contribution < -0.4 is 0 Å². The van der Waals surface area contributed by atoms with Gasteiger partial charge in [0.2, 0.25) is 0 Å². The van der Waals surface area contributed by atoms with Gasteiger partial charge in [0.15, 0.2) is 5.76 Å². The van der Waals surface area contributed by atoms with Gasteiger partial charge in [-0.05, 0) is 18.2 Å². The number of carbonyl (C=O) groups is 1. The number of rotatable bonds is 3. The van der Waals surface area contributed by atoms with Gasteiger partial charge in [-0.1, -0.05) is 16.8 Å². The van der Waals surface area contributed by atoms with E-state index in [1.54, 1.807) is 4.90 Å². The normalized spacial score (nSPS) is 13.2. The predicted molar refractivity (Wildman–Crippen MR) is 102 cm³/mol. The van der Waals surface area contributed by atoms with Crippen molar-refractivity contribution < 1.29 is 24.5 Å². The fourth-order valence-electron chi connectivity index (χ4n) is 3.24. The number of hydrogen-bond donors (Lipinski definition) is 2. The number of aromatic nitrogens is 1. The summed E-state index contributed by atoms with van der Waals surface area (Å²) in [4.78, 5) is 24.7. The van der Waals surface area contributed by atoms with Crippen molar-refractivity contribution in [3.05, 3.63) is 68.4 Å². The summed E-state index contributed by atoms with van der Waals surface area (Å²) in [6.45, 7) is 0.582. The molecule has 0 spiro atoms. The van der Waals surface area contributed by atoms with E-state index >= 15 is 0 Å². The average Bonchev–Trinajstić information content (AvgIpc) is 3.13. The monoisotopic (exact) mass is 415 g/mol. The van der Waals surface area contributed by atoms with E-state index in [1.165, 1.54) is 30.3 Å². The second-order valence-electron chi connectivity index (χ2n) is 6.54. The lowest BCUT2D eigenvalue weighted by Crippen LogP contribution is -2.35. The van der Waals surface area contributed by atoms with Gasteiger partial charge in [0, 0.05) is 42.3 Å². The van der Waals surface area contributed by atoms with Gasteiger partial charge in [0.25, 0.3) is 11.6 Å². The molecule has 148 valence electrons. The molecule has 2 N–H and O–H groups in total. The van der Waals surface area contributed by atoms with Crippen molar-refractivity contribution in [3.63, 3.8) is 0 Å². The molecule has 1 aromatic heterocycles. The largest absolute Gasteiger partial charge is 0.507 e. The van der Waals surface area contributed by atoms with Crippen LogP contribution in [-0.4, -0.2) is 37.6 Å². The maximum Gasteiger partial charge on any atom is 0.269 e.